The predicted octanol–water partition coefficient (Wildman–Crippen LogP) is 2.56. The van der Waals surface area contributed by atoms with Crippen molar-refractivity contribution < 1.29 is 17.6 Å². The van der Waals surface area contributed by atoms with Crippen LogP contribution in [0.4, 0.5) is 13.2 Å². The fourth-order valence-electron chi connectivity index (χ4n) is 1.80. The zero-order valence-electron chi connectivity index (χ0n) is 8.39. The van der Waals surface area contributed by atoms with Crippen LogP contribution in [0.15, 0.2) is 0 Å². The van der Waals surface area contributed by atoms with Gasteiger partial charge in [0.05, 0.1) is 0 Å². The van der Waals surface area contributed by atoms with Crippen molar-refractivity contribution in [2.45, 2.75) is 43.7 Å². The molecule has 1 nitrogen and oxygen atoms in total. The molecule has 5 heteroatoms. The van der Waals surface area contributed by atoms with Crippen LogP contribution in [0.1, 0.15) is 19.8 Å². The minimum absolute atomic E-state index is 0.416. The van der Waals surface area contributed by atoms with Crippen LogP contribution < -0.4 is 0 Å². The summed E-state index contributed by atoms with van der Waals surface area (Å²) in [5, 5.41) is 0. The van der Waals surface area contributed by atoms with E-state index in [0.29, 0.717) is 6.61 Å². The lowest BCUT2D eigenvalue weighted by atomic mass is 10.2. The third-order valence-corrected chi connectivity index (χ3v) is 5.98. The van der Waals surface area contributed by atoms with Gasteiger partial charge in [0.1, 0.15) is 12.8 Å². The summed E-state index contributed by atoms with van der Waals surface area (Å²) in [6.07, 6.45) is -1.60. The molecule has 1 heterocycles. The van der Waals surface area contributed by atoms with Crippen molar-refractivity contribution >= 4 is 9.04 Å². The molecule has 1 saturated heterocycles. The van der Waals surface area contributed by atoms with Crippen molar-refractivity contribution in [2.24, 2.45) is 0 Å². The summed E-state index contributed by atoms with van der Waals surface area (Å²) in [7, 11) is -1.63. The molecule has 4 atom stereocenters. The van der Waals surface area contributed by atoms with Gasteiger partial charge in [0.25, 0.3) is 0 Å². The molecule has 1 rings (SSSR count). The van der Waals surface area contributed by atoms with Crippen LogP contribution in [-0.4, -0.2) is 34.7 Å². The molecule has 0 amide bonds. The van der Waals surface area contributed by atoms with Crippen molar-refractivity contribution in [1.82, 2.24) is 0 Å². The number of hydrogen-bond donors (Lipinski definition) is 0. The van der Waals surface area contributed by atoms with Crippen LogP contribution in [0.2, 0.25) is 11.6 Å². The summed E-state index contributed by atoms with van der Waals surface area (Å²) in [4.78, 5) is 0. The maximum absolute atomic E-state index is 13.3. The molecule has 0 aromatic heterocycles. The van der Waals surface area contributed by atoms with Gasteiger partial charge in [0.15, 0.2) is 15.2 Å². The van der Waals surface area contributed by atoms with Gasteiger partial charge in [0.2, 0.25) is 0 Å². The van der Waals surface area contributed by atoms with E-state index in [-0.39, 0.29) is 0 Å². The Morgan fingerprint density at radius 2 is 2.07 bits per heavy atom. The second kappa shape index (κ2) is 5.75. The maximum atomic E-state index is 13.3. The van der Waals surface area contributed by atoms with Crippen LogP contribution in [0.3, 0.4) is 0 Å². The minimum Gasteiger partial charge on any atom is -0.420 e. The average Bonchev–Trinajstić information content (AvgIpc) is 2.27. The first kappa shape index (κ1) is 12.0. The molecule has 1 aliphatic heterocycles. The van der Waals surface area contributed by atoms with Gasteiger partial charge in [-0.2, -0.15) is 0 Å². The Morgan fingerprint density at radius 3 is 2.57 bits per heavy atom. The zero-order chi connectivity index (χ0) is 10.6. The van der Waals surface area contributed by atoms with Crippen LogP contribution in [0.25, 0.3) is 0 Å². The Kier molecular flexibility index (Phi) is 4.95. The third kappa shape index (κ3) is 2.98. The summed E-state index contributed by atoms with van der Waals surface area (Å²) in [6.45, 7) is 1.09. The molecular weight excluding hydrogens is 209 g/mol. The van der Waals surface area contributed by atoms with Crippen LogP contribution >= 0.6 is 0 Å². The summed E-state index contributed by atoms with van der Waals surface area (Å²) >= 11 is 0. The monoisotopic (exact) mass is 226 g/mol. The fourth-order valence-corrected chi connectivity index (χ4v) is 4.61. The molecule has 1 fully saturated rings. The number of halogens is 3. The first-order chi connectivity index (χ1) is 6.66. The molecule has 0 bridgehead atoms. The SMILES string of the molecule is CC(C(F)C(F)CF)[SiH]1CCCCO1. The molecule has 0 saturated carbocycles. The highest BCUT2D eigenvalue weighted by molar-refractivity contribution is 6.53. The van der Waals surface area contributed by atoms with E-state index in [1.165, 1.54) is 0 Å². The quantitative estimate of drug-likeness (QED) is 0.669. The lowest BCUT2D eigenvalue weighted by Crippen LogP contribution is -2.36. The number of alkyl halides is 3. The molecule has 4 unspecified atom stereocenters. The van der Waals surface area contributed by atoms with E-state index in [4.69, 9.17) is 4.43 Å². The van der Waals surface area contributed by atoms with Crippen molar-refractivity contribution in [3.63, 3.8) is 0 Å². The van der Waals surface area contributed by atoms with Gasteiger partial charge in [-0.25, -0.2) is 13.2 Å². The van der Waals surface area contributed by atoms with Gasteiger partial charge in [-0.3, -0.25) is 0 Å². The molecular formula is C9H17F3OSi. The summed E-state index contributed by atoms with van der Waals surface area (Å²) in [5.74, 6) is 0. The first-order valence-electron chi connectivity index (χ1n) is 5.12. The Hall–Kier alpha value is -0.0331. The predicted molar refractivity (Wildman–Crippen MR) is 52.3 cm³/mol. The fraction of sp³-hybridized carbons (Fsp3) is 1.00. The van der Waals surface area contributed by atoms with Crippen LogP contribution in [0, 0.1) is 0 Å². The van der Waals surface area contributed by atoms with E-state index in [1.807, 2.05) is 0 Å². The topological polar surface area (TPSA) is 9.23 Å². The third-order valence-electron chi connectivity index (χ3n) is 2.80. The maximum Gasteiger partial charge on any atom is 0.182 e. The molecule has 84 valence electrons. The van der Waals surface area contributed by atoms with Crippen LogP contribution in [-0.2, 0) is 4.43 Å². The standard InChI is InChI=1S/C9H17F3OSi/c1-7(9(12)8(11)6-10)14-5-3-2-4-13-14/h7-9,14H,2-6H2,1H3. The molecule has 0 aromatic rings. The van der Waals surface area contributed by atoms with Gasteiger partial charge in [-0.05, 0) is 12.5 Å². The Morgan fingerprint density at radius 1 is 1.36 bits per heavy atom. The summed E-state index contributed by atoms with van der Waals surface area (Å²) in [6, 6.07) is 0.889. The second-order valence-corrected chi connectivity index (χ2v) is 6.92. The summed E-state index contributed by atoms with van der Waals surface area (Å²) < 4.78 is 43.5. The highest BCUT2D eigenvalue weighted by Gasteiger charge is 2.34. The molecule has 0 aromatic carbocycles. The van der Waals surface area contributed by atoms with Gasteiger partial charge < -0.3 is 4.43 Å². The van der Waals surface area contributed by atoms with E-state index in [1.54, 1.807) is 6.92 Å². The molecule has 1 aliphatic rings. The van der Waals surface area contributed by atoms with Crippen LogP contribution in [0.5, 0.6) is 0 Å². The Balaban J connectivity index is 2.41. The molecule has 0 radical (unpaired) electrons. The van der Waals surface area contributed by atoms with Gasteiger partial charge in [0, 0.05) is 12.1 Å². The van der Waals surface area contributed by atoms with E-state index in [0.717, 1.165) is 18.9 Å². The lowest BCUT2D eigenvalue weighted by molar-refractivity contribution is 0.126. The van der Waals surface area contributed by atoms with E-state index in [2.05, 4.69) is 0 Å². The Bertz CT molecular complexity index is 162. The normalized spacial score (nSPS) is 29.6. The van der Waals surface area contributed by atoms with Gasteiger partial charge in [-0.15, -0.1) is 0 Å². The van der Waals surface area contributed by atoms with Crippen molar-refractivity contribution in [3.8, 4) is 0 Å². The summed E-state index contributed by atoms with van der Waals surface area (Å²) in [5.41, 5.74) is -0.416. The molecule has 0 spiro atoms. The molecule has 0 N–H and O–H groups in total. The molecule has 14 heavy (non-hydrogen) atoms. The lowest BCUT2D eigenvalue weighted by Gasteiger charge is -2.29. The largest absolute Gasteiger partial charge is 0.420 e. The van der Waals surface area contributed by atoms with Gasteiger partial charge >= 0.3 is 0 Å². The Labute approximate surface area is 84.4 Å². The highest BCUT2D eigenvalue weighted by Crippen LogP contribution is 2.28. The average molecular weight is 226 g/mol. The second-order valence-electron chi connectivity index (χ2n) is 3.88. The smallest absolute Gasteiger partial charge is 0.182 e. The van der Waals surface area contributed by atoms with E-state index >= 15 is 0 Å². The first-order valence-corrected chi connectivity index (χ1v) is 7.08. The van der Waals surface area contributed by atoms with Crippen molar-refractivity contribution in [3.05, 3.63) is 0 Å². The number of hydrogen-bond acceptors (Lipinski definition) is 1. The van der Waals surface area contributed by atoms with Gasteiger partial charge in [-0.1, -0.05) is 13.3 Å². The van der Waals surface area contributed by atoms with Crippen molar-refractivity contribution in [2.75, 3.05) is 13.3 Å². The zero-order valence-corrected chi connectivity index (χ0v) is 9.54. The van der Waals surface area contributed by atoms with E-state index in [9.17, 15) is 13.2 Å². The minimum atomic E-state index is -1.97. The van der Waals surface area contributed by atoms with E-state index < -0.39 is 33.6 Å². The number of rotatable bonds is 4. The highest BCUT2D eigenvalue weighted by atomic mass is 28.3. The van der Waals surface area contributed by atoms with Crippen molar-refractivity contribution in [1.29, 1.82) is 0 Å². The molecule has 0 aliphatic carbocycles.